The predicted molar refractivity (Wildman–Crippen MR) is 74.3 cm³/mol. The zero-order valence-electron chi connectivity index (χ0n) is 10.6. The second kappa shape index (κ2) is 5.41. The van der Waals surface area contributed by atoms with E-state index in [1.807, 2.05) is 12.1 Å². The predicted octanol–water partition coefficient (Wildman–Crippen LogP) is 4.04. The van der Waals surface area contributed by atoms with E-state index in [1.54, 1.807) is 0 Å². The number of benzene rings is 1. The molecule has 1 aliphatic rings. The first-order chi connectivity index (χ1) is 8.15. The van der Waals surface area contributed by atoms with Crippen molar-refractivity contribution in [2.24, 2.45) is 17.1 Å². The maximum Gasteiger partial charge on any atom is 0.0438 e. The summed E-state index contributed by atoms with van der Waals surface area (Å²) < 4.78 is 0. The van der Waals surface area contributed by atoms with Gasteiger partial charge in [0.15, 0.2) is 0 Å². The highest BCUT2D eigenvalue weighted by Crippen LogP contribution is 2.41. The van der Waals surface area contributed by atoms with Gasteiger partial charge in [-0.2, -0.15) is 0 Å². The Morgan fingerprint density at radius 2 is 2.18 bits per heavy atom. The summed E-state index contributed by atoms with van der Waals surface area (Å²) in [5, 5.41) is 0.888. The van der Waals surface area contributed by atoms with E-state index < -0.39 is 0 Å². The molecule has 0 saturated heterocycles. The molecule has 0 bridgehead atoms. The quantitative estimate of drug-likeness (QED) is 0.862. The van der Waals surface area contributed by atoms with Gasteiger partial charge >= 0.3 is 0 Å². The summed E-state index contributed by atoms with van der Waals surface area (Å²) in [6, 6.07) is 8.18. The van der Waals surface area contributed by atoms with Crippen LogP contribution >= 0.6 is 11.6 Å². The summed E-state index contributed by atoms with van der Waals surface area (Å²) in [4.78, 5) is 0. The Balaban J connectivity index is 2.17. The molecular weight excluding hydrogens is 230 g/mol. The molecule has 17 heavy (non-hydrogen) atoms. The van der Waals surface area contributed by atoms with Crippen molar-refractivity contribution in [2.75, 3.05) is 6.54 Å². The van der Waals surface area contributed by atoms with Crippen molar-refractivity contribution in [1.82, 2.24) is 0 Å². The van der Waals surface area contributed by atoms with Crippen LogP contribution in [0.4, 0.5) is 0 Å². The van der Waals surface area contributed by atoms with Crippen LogP contribution in [0.1, 0.15) is 38.2 Å². The first-order valence-corrected chi connectivity index (χ1v) is 6.96. The molecule has 2 unspecified atom stereocenters. The Bertz CT molecular complexity index is 377. The Hall–Kier alpha value is -0.530. The van der Waals surface area contributed by atoms with Crippen molar-refractivity contribution < 1.29 is 0 Å². The minimum absolute atomic E-state index is 0.280. The SMILES string of the molecule is CC1CCCC(CN)(Cc2ccccc2Cl)C1. The fourth-order valence-corrected chi connectivity index (χ4v) is 3.44. The molecule has 2 rings (SSSR count). The number of hydrogen-bond donors (Lipinski definition) is 1. The highest BCUT2D eigenvalue weighted by atomic mass is 35.5. The molecule has 0 amide bonds. The van der Waals surface area contributed by atoms with Gasteiger partial charge < -0.3 is 5.73 Å². The lowest BCUT2D eigenvalue weighted by Gasteiger charge is -2.39. The highest BCUT2D eigenvalue weighted by Gasteiger charge is 2.34. The van der Waals surface area contributed by atoms with Crippen molar-refractivity contribution >= 4 is 11.6 Å². The molecule has 0 aliphatic heterocycles. The van der Waals surface area contributed by atoms with E-state index in [2.05, 4.69) is 19.1 Å². The van der Waals surface area contributed by atoms with Crippen molar-refractivity contribution in [3.05, 3.63) is 34.9 Å². The molecule has 1 nitrogen and oxygen atoms in total. The van der Waals surface area contributed by atoms with Gasteiger partial charge in [-0.3, -0.25) is 0 Å². The smallest absolute Gasteiger partial charge is 0.0438 e. The number of halogens is 1. The molecule has 1 saturated carbocycles. The van der Waals surface area contributed by atoms with Gasteiger partial charge in [-0.05, 0) is 48.8 Å². The highest BCUT2D eigenvalue weighted by molar-refractivity contribution is 6.31. The fraction of sp³-hybridized carbons (Fsp3) is 0.600. The summed E-state index contributed by atoms with van der Waals surface area (Å²) >= 11 is 6.26. The molecule has 0 heterocycles. The molecule has 0 spiro atoms. The van der Waals surface area contributed by atoms with E-state index in [0.717, 1.165) is 23.9 Å². The zero-order chi connectivity index (χ0) is 12.3. The summed E-state index contributed by atoms with van der Waals surface area (Å²) in [7, 11) is 0. The number of hydrogen-bond acceptors (Lipinski definition) is 1. The van der Waals surface area contributed by atoms with Gasteiger partial charge in [0, 0.05) is 5.02 Å². The minimum atomic E-state index is 0.280. The normalized spacial score (nSPS) is 29.2. The number of nitrogens with two attached hydrogens (primary N) is 1. The van der Waals surface area contributed by atoms with Gasteiger partial charge in [-0.1, -0.05) is 49.6 Å². The van der Waals surface area contributed by atoms with Crippen LogP contribution in [0, 0.1) is 11.3 Å². The van der Waals surface area contributed by atoms with Crippen molar-refractivity contribution in [3.8, 4) is 0 Å². The Kier molecular flexibility index (Phi) is 4.11. The average molecular weight is 252 g/mol. The largest absolute Gasteiger partial charge is 0.330 e. The lowest BCUT2D eigenvalue weighted by molar-refractivity contribution is 0.154. The van der Waals surface area contributed by atoms with Gasteiger partial charge in [0.1, 0.15) is 0 Å². The third-order valence-corrected chi connectivity index (χ3v) is 4.51. The van der Waals surface area contributed by atoms with E-state index >= 15 is 0 Å². The monoisotopic (exact) mass is 251 g/mol. The van der Waals surface area contributed by atoms with Gasteiger partial charge in [-0.25, -0.2) is 0 Å². The molecule has 1 aliphatic carbocycles. The fourth-order valence-electron chi connectivity index (χ4n) is 3.23. The van der Waals surface area contributed by atoms with E-state index in [4.69, 9.17) is 17.3 Å². The molecule has 1 fully saturated rings. The first kappa shape index (κ1) is 12.9. The van der Waals surface area contributed by atoms with E-state index in [0.29, 0.717) is 0 Å². The topological polar surface area (TPSA) is 26.0 Å². The summed E-state index contributed by atoms with van der Waals surface area (Å²) in [6.07, 6.45) is 6.19. The Morgan fingerprint density at radius 1 is 1.41 bits per heavy atom. The number of rotatable bonds is 3. The lowest BCUT2D eigenvalue weighted by atomic mass is 9.67. The second-order valence-corrected chi connectivity index (χ2v) is 6.08. The summed E-state index contributed by atoms with van der Waals surface area (Å²) in [6.45, 7) is 3.12. The molecule has 2 N–H and O–H groups in total. The summed E-state index contributed by atoms with van der Waals surface area (Å²) in [5.41, 5.74) is 7.59. The van der Waals surface area contributed by atoms with E-state index in [9.17, 15) is 0 Å². The molecule has 0 radical (unpaired) electrons. The molecule has 1 aromatic rings. The lowest BCUT2D eigenvalue weighted by Crippen LogP contribution is -2.37. The minimum Gasteiger partial charge on any atom is -0.330 e. The van der Waals surface area contributed by atoms with Gasteiger partial charge in [-0.15, -0.1) is 0 Å². The second-order valence-electron chi connectivity index (χ2n) is 5.67. The van der Waals surface area contributed by atoms with Crippen molar-refractivity contribution in [2.45, 2.75) is 39.0 Å². The van der Waals surface area contributed by atoms with Gasteiger partial charge in [0.2, 0.25) is 0 Å². The Morgan fingerprint density at radius 3 is 2.82 bits per heavy atom. The molecule has 1 aromatic carbocycles. The van der Waals surface area contributed by atoms with Crippen LogP contribution in [0.5, 0.6) is 0 Å². The van der Waals surface area contributed by atoms with Crippen LogP contribution in [0.2, 0.25) is 5.02 Å². The molecule has 2 heteroatoms. The van der Waals surface area contributed by atoms with Crippen LogP contribution in [-0.2, 0) is 6.42 Å². The molecule has 94 valence electrons. The maximum atomic E-state index is 6.26. The van der Waals surface area contributed by atoms with Crippen LogP contribution in [0.15, 0.2) is 24.3 Å². The van der Waals surface area contributed by atoms with Crippen LogP contribution < -0.4 is 5.73 Å². The average Bonchev–Trinajstić information content (AvgIpc) is 2.32. The van der Waals surface area contributed by atoms with Crippen molar-refractivity contribution in [3.63, 3.8) is 0 Å². The van der Waals surface area contributed by atoms with Crippen LogP contribution in [0.25, 0.3) is 0 Å². The van der Waals surface area contributed by atoms with E-state index in [-0.39, 0.29) is 5.41 Å². The van der Waals surface area contributed by atoms with Crippen molar-refractivity contribution in [1.29, 1.82) is 0 Å². The molecular formula is C15H22ClN. The molecule has 0 aromatic heterocycles. The van der Waals surface area contributed by atoms with Gasteiger partial charge in [0.05, 0.1) is 0 Å². The Labute approximate surface area is 109 Å². The molecule has 2 atom stereocenters. The maximum absolute atomic E-state index is 6.26. The third-order valence-electron chi connectivity index (χ3n) is 4.14. The first-order valence-electron chi connectivity index (χ1n) is 6.59. The van der Waals surface area contributed by atoms with Gasteiger partial charge in [0.25, 0.3) is 0 Å². The third kappa shape index (κ3) is 3.02. The zero-order valence-corrected chi connectivity index (χ0v) is 11.3. The van der Waals surface area contributed by atoms with Crippen LogP contribution in [-0.4, -0.2) is 6.54 Å². The summed E-state index contributed by atoms with van der Waals surface area (Å²) in [5.74, 6) is 0.801. The van der Waals surface area contributed by atoms with Crippen LogP contribution in [0.3, 0.4) is 0 Å². The standard InChI is InChI=1S/C15H22ClN/c1-12-5-4-8-15(9-12,11-17)10-13-6-2-3-7-14(13)16/h2-3,6-7,12H,4-5,8-11,17H2,1H3. The van der Waals surface area contributed by atoms with E-state index in [1.165, 1.54) is 31.2 Å².